The molecule has 8 nitrogen and oxygen atoms in total. The molecule has 9 heteroatoms. The van der Waals surface area contributed by atoms with Crippen molar-refractivity contribution in [2.45, 2.75) is 5.16 Å². The molecule has 0 radical (unpaired) electrons. The minimum absolute atomic E-state index is 0.315. The number of sulfonamides is 1. The lowest BCUT2D eigenvalue weighted by atomic mass is 10.3. The minimum atomic E-state index is -4.01. The number of rotatable bonds is 3. The molecule has 0 amide bonds. The van der Waals surface area contributed by atoms with Crippen LogP contribution in [0.25, 0.3) is 17.2 Å². The number of hydrogen-bond acceptors (Lipinski definition) is 5. The molecular weight excluding hydrogens is 292 g/mol. The van der Waals surface area contributed by atoms with E-state index in [4.69, 9.17) is 5.14 Å². The van der Waals surface area contributed by atoms with Gasteiger partial charge < -0.3 is 0 Å². The Morgan fingerprint density at radius 3 is 2.38 bits per heavy atom. The predicted octanol–water partition coefficient (Wildman–Crippen LogP) is 0.315. The van der Waals surface area contributed by atoms with Crippen molar-refractivity contribution in [1.29, 1.82) is 0 Å². The Morgan fingerprint density at radius 2 is 1.81 bits per heavy atom. The molecule has 2 aromatic heterocycles. The van der Waals surface area contributed by atoms with Gasteiger partial charge in [-0.15, -0.1) is 10.2 Å². The number of nitrogens with two attached hydrogens (primary N) is 1. The fourth-order valence-corrected chi connectivity index (χ4v) is 2.62. The van der Waals surface area contributed by atoms with Crippen LogP contribution in [0.15, 0.2) is 47.8 Å². The Morgan fingerprint density at radius 1 is 1.10 bits per heavy atom. The van der Waals surface area contributed by atoms with Crippen LogP contribution in [0, 0.1) is 0 Å². The molecule has 2 heterocycles. The zero-order chi connectivity index (χ0) is 15.0. The van der Waals surface area contributed by atoms with E-state index in [9.17, 15) is 8.42 Å². The highest BCUT2D eigenvalue weighted by Crippen LogP contribution is 2.23. The molecule has 0 aliphatic heterocycles. The third-order valence-corrected chi connectivity index (χ3v) is 3.73. The Bertz CT molecular complexity index is 882. The number of para-hydroxylation sites is 1. The summed E-state index contributed by atoms with van der Waals surface area (Å²) in [5, 5.41) is 16.6. The van der Waals surface area contributed by atoms with E-state index < -0.39 is 10.0 Å². The molecule has 0 spiro atoms. The van der Waals surface area contributed by atoms with E-state index in [1.807, 2.05) is 6.07 Å². The standard InChI is InChI=1S/C12H12N6O2S/c1-17-10(7-8-14-17)11-15-16-12(21(13,19)20)18(11)9-5-3-2-4-6-9/h2-8H,1H3,(H2,13,19,20). The van der Waals surface area contributed by atoms with Crippen molar-refractivity contribution in [1.82, 2.24) is 24.5 Å². The first kappa shape index (κ1) is 13.5. The van der Waals surface area contributed by atoms with Crippen LogP contribution in [0.1, 0.15) is 0 Å². The molecule has 3 rings (SSSR count). The highest BCUT2D eigenvalue weighted by atomic mass is 32.2. The fourth-order valence-electron chi connectivity index (χ4n) is 2.02. The van der Waals surface area contributed by atoms with Crippen molar-refractivity contribution in [3.05, 3.63) is 42.6 Å². The van der Waals surface area contributed by atoms with Gasteiger partial charge in [0.2, 0.25) is 0 Å². The van der Waals surface area contributed by atoms with Crippen LogP contribution in [0.2, 0.25) is 0 Å². The summed E-state index contributed by atoms with van der Waals surface area (Å²) in [6.45, 7) is 0. The smallest absolute Gasteiger partial charge is 0.265 e. The molecule has 3 aromatic rings. The third-order valence-electron chi connectivity index (χ3n) is 2.95. The SMILES string of the molecule is Cn1nccc1-c1nnc(S(N)(=O)=O)n1-c1ccccc1. The normalized spacial score (nSPS) is 11.7. The molecular formula is C12H12N6O2S. The monoisotopic (exact) mass is 304 g/mol. The second-order valence-electron chi connectivity index (χ2n) is 4.36. The molecule has 0 atom stereocenters. The van der Waals surface area contributed by atoms with Crippen LogP contribution in [-0.4, -0.2) is 33.0 Å². The molecule has 1 aromatic carbocycles. The number of aryl methyl sites for hydroxylation is 1. The Labute approximate surface area is 120 Å². The molecule has 2 N–H and O–H groups in total. The molecule has 0 saturated heterocycles. The summed E-state index contributed by atoms with van der Waals surface area (Å²) in [7, 11) is -2.27. The quantitative estimate of drug-likeness (QED) is 0.749. The highest BCUT2D eigenvalue weighted by molar-refractivity contribution is 7.89. The van der Waals surface area contributed by atoms with Gasteiger partial charge in [0.25, 0.3) is 15.2 Å². The molecule has 108 valence electrons. The number of aromatic nitrogens is 5. The lowest BCUT2D eigenvalue weighted by Gasteiger charge is -2.09. The zero-order valence-electron chi connectivity index (χ0n) is 11.1. The van der Waals surface area contributed by atoms with E-state index in [-0.39, 0.29) is 5.16 Å². The average Bonchev–Trinajstić information content (AvgIpc) is 3.04. The minimum Gasteiger partial charge on any atom is -0.265 e. The van der Waals surface area contributed by atoms with Gasteiger partial charge in [0, 0.05) is 13.2 Å². The first-order valence-electron chi connectivity index (χ1n) is 6.00. The molecule has 0 bridgehead atoms. The van der Waals surface area contributed by atoms with Crippen molar-refractivity contribution in [2.24, 2.45) is 12.2 Å². The summed E-state index contributed by atoms with van der Waals surface area (Å²) in [5.74, 6) is 0.352. The van der Waals surface area contributed by atoms with Gasteiger partial charge in [-0.1, -0.05) is 18.2 Å². The predicted molar refractivity (Wildman–Crippen MR) is 74.9 cm³/mol. The first-order valence-corrected chi connectivity index (χ1v) is 7.55. The summed E-state index contributed by atoms with van der Waals surface area (Å²) in [6.07, 6.45) is 1.59. The Hall–Kier alpha value is -2.52. The summed E-state index contributed by atoms with van der Waals surface area (Å²) in [5.41, 5.74) is 1.23. The van der Waals surface area contributed by atoms with E-state index in [1.165, 1.54) is 4.57 Å². The molecule has 0 saturated carbocycles. The van der Waals surface area contributed by atoms with Gasteiger partial charge in [-0.05, 0) is 18.2 Å². The van der Waals surface area contributed by atoms with Crippen LogP contribution >= 0.6 is 0 Å². The Kier molecular flexibility index (Phi) is 3.07. The second kappa shape index (κ2) is 4.79. The van der Waals surface area contributed by atoms with Gasteiger partial charge in [0.05, 0.1) is 5.69 Å². The average molecular weight is 304 g/mol. The molecule has 0 unspecified atom stereocenters. The van der Waals surface area contributed by atoms with E-state index in [2.05, 4.69) is 15.3 Å². The summed E-state index contributed by atoms with van der Waals surface area (Å²) < 4.78 is 26.4. The van der Waals surface area contributed by atoms with Crippen LogP contribution in [-0.2, 0) is 17.1 Å². The number of benzene rings is 1. The van der Waals surface area contributed by atoms with Crippen molar-refractivity contribution in [2.75, 3.05) is 0 Å². The van der Waals surface area contributed by atoms with Gasteiger partial charge >= 0.3 is 0 Å². The highest BCUT2D eigenvalue weighted by Gasteiger charge is 2.24. The lowest BCUT2D eigenvalue weighted by molar-refractivity contribution is 0.585. The summed E-state index contributed by atoms with van der Waals surface area (Å²) in [6, 6.07) is 10.6. The van der Waals surface area contributed by atoms with Gasteiger partial charge in [0.15, 0.2) is 5.82 Å². The second-order valence-corrected chi connectivity index (χ2v) is 5.82. The number of nitrogens with zero attached hydrogens (tertiary/aromatic N) is 5. The van der Waals surface area contributed by atoms with Crippen LogP contribution < -0.4 is 5.14 Å². The van der Waals surface area contributed by atoms with Crippen LogP contribution in [0.4, 0.5) is 0 Å². The lowest BCUT2D eigenvalue weighted by Crippen LogP contribution is -2.18. The number of hydrogen-bond donors (Lipinski definition) is 1. The molecule has 0 fully saturated rings. The summed E-state index contributed by atoms with van der Waals surface area (Å²) >= 11 is 0. The van der Waals surface area contributed by atoms with Gasteiger partial charge in [-0.3, -0.25) is 9.25 Å². The maximum absolute atomic E-state index is 11.7. The van der Waals surface area contributed by atoms with E-state index in [0.717, 1.165) is 0 Å². The molecule has 21 heavy (non-hydrogen) atoms. The molecule has 0 aliphatic carbocycles. The zero-order valence-corrected chi connectivity index (χ0v) is 11.9. The number of primary sulfonamides is 1. The van der Waals surface area contributed by atoms with Gasteiger partial charge in [0.1, 0.15) is 5.69 Å². The topological polar surface area (TPSA) is 109 Å². The Balaban J connectivity index is 2.33. The molecule has 0 aliphatic rings. The fraction of sp³-hybridized carbons (Fsp3) is 0.0833. The third kappa shape index (κ3) is 2.32. The van der Waals surface area contributed by atoms with Crippen molar-refractivity contribution >= 4 is 10.0 Å². The van der Waals surface area contributed by atoms with Gasteiger partial charge in [-0.2, -0.15) is 5.10 Å². The van der Waals surface area contributed by atoms with Crippen LogP contribution in [0.3, 0.4) is 0 Å². The van der Waals surface area contributed by atoms with Crippen molar-refractivity contribution in [3.63, 3.8) is 0 Å². The summed E-state index contributed by atoms with van der Waals surface area (Å²) in [4.78, 5) is 0. The van der Waals surface area contributed by atoms with E-state index in [1.54, 1.807) is 48.3 Å². The maximum atomic E-state index is 11.7. The van der Waals surface area contributed by atoms with E-state index in [0.29, 0.717) is 17.2 Å². The maximum Gasteiger partial charge on any atom is 0.274 e. The van der Waals surface area contributed by atoms with Gasteiger partial charge in [-0.25, -0.2) is 13.6 Å². The largest absolute Gasteiger partial charge is 0.274 e. The van der Waals surface area contributed by atoms with E-state index >= 15 is 0 Å². The first-order chi connectivity index (χ1) is 9.98. The van der Waals surface area contributed by atoms with Crippen LogP contribution in [0.5, 0.6) is 0 Å². The van der Waals surface area contributed by atoms with Crippen molar-refractivity contribution in [3.8, 4) is 17.2 Å². The van der Waals surface area contributed by atoms with Crippen molar-refractivity contribution < 1.29 is 8.42 Å².